The Morgan fingerprint density at radius 3 is 1.94 bits per heavy atom. The van der Waals surface area contributed by atoms with E-state index in [4.69, 9.17) is 14.6 Å². The van der Waals surface area contributed by atoms with Crippen molar-refractivity contribution in [1.29, 1.82) is 5.26 Å². The molecule has 0 saturated heterocycles. The zero-order valence-electron chi connectivity index (χ0n) is 20.5. The van der Waals surface area contributed by atoms with E-state index in [0.29, 0.717) is 28.3 Å². The van der Waals surface area contributed by atoms with Crippen LogP contribution in [0.3, 0.4) is 0 Å². The first kappa shape index (κ1) is 24.5. The number of rotatable bonds is 8. The molecular formula is C30H27N3O3. The fourth-order valence-corrected chi connectivity index (χ4v) is 4.04. The second-order valence-electron chi connectivity index (χ2n) is 8.40. The molecule has 0 bridgehead atoms. The van der Waals surface area contributed by atoms with Crippen LogP contribution in [-0.4, -0.2) is 28.5 Å². The Labute approximate surface area is 211 Å². The lowest BCUT2D eigenvalue weighted by molar-refractivity contribution is -0.140. The van der Waals surface area contributed by atoms with E-state index in [0.717, 1.165) is 16.8 Å². The topological polar surface area (TPSA) is 77.1 Å². The molecule has 0 aliphatic rings. The molecule has 0 fully saturated rings. The van der Waals surface area contributed by atoms with Crippen LogP contribution in [0.15, 0.2) is 91.0 Å². The first-order valence-corrected chi connectivity index (χ1v) is 11.7. The highest BCUT2D eigenvalue weighted by Crippen LogP contribution is 2.40. The first-order chi connectivity index (χ1) is 17.5. The minimum Gasteiger partial charge on any atom is -0.462 e. The van der Waals surface area contributed by atoms with Crippen molar-refractivity contribution < 1.29 is 14.3 Å². The number of benzene rings is 3. The summed E-state index contributed by atoms with van der Waals surface area (Å²) in [6.45, 7) is 5.24. The number of nitrogens with zero attached hydrogens (tertiary/aromatic N) is 3. The van der Waals surface area contributed by atoms with Crippen molar-refractivity contribution in [1.82, 2.24) is 9.78 Å². The molecule has 0 unspecified atom stereocenters. The molecule has 0 spiro atoms. The van der Waals surface area contributed by atoms with Crippen LogP contribution in [0.25, 0.3) is 16.8 Å². The Morgan fingerprint density at radius 2 is 1.44 bits per heavy atom. The number of nitriles is 1. The van der Waals surface area contributed by atoms with Gasteiger partial charge < -0.3 is 9.47 Å². The minimum absolute atomic E-state index is 0.205. The van der Waals surface area contributed by atoms with Gasteiger partial charge in [0.25, 0.3) is 0 Å². The lowest BCUT2D eigenvalue weighted by Crippen LogP contribution is -2.16. The Morgan fingerprint density at radius 1 is 0.917 bits per heavy atom. The Hall–Kier alpha value is -4.63. The molecule has 0 aliphatic carbocycles. The van der Waals surface area contributed by atoms with E-state index in [2.05, 4.69) is 0 Å². The van der Waals surface area contributed by atoms with Crippen molar-refractivity contribution in [2.24, 2.45) is 0 Å². The Balaban J connectivity index is 2.11. The van der Waals surface area contributed by atoms with Gasteiger partial charge in [-0.1, -0.05) is 78.9 Å². The van der Waals surface area contributed by atoms with Gasteiger partial charge in [-0.3, -0.25) is 0 Å². The second-order valence-corrected chi connectivity index (χ2v) is 8.40. The van der Waals surface area contributed by atoms with Crippen molar-refractivity contribution in [2.45, 2.75) is 26.9 Å². The Bertz CT molecular complexity index is 1360. The van der Waals surface area contributed by atoms with Crippen LogP contribution in [0, 0.1) is 18.3 Å². The fraction of sp³-hybridized carbons (Fsp3) is 0.167. The molecule has 180 valence electrons. The van der Waals surface area contributed by atoms with Crippen LogP contribution >= 0.6 is 0 Å². The van der Waals surface area contributed by atoms with Gasteiger partial charge in [0.15, 0.2) is 6.61 Å². The zero-order valence-corrected chi connectivity index (χ0v) is 20.5. The number of esters is 1. The quantitative estimate of drug-likeness (QED) is 0.230. The molecule has 1 aromatic heterocycles. The number of hydrogen-bond acceptors (Lipinski definition) is 5. The number of hydrogen-bond donors (Lipinski definition) is 0. The number of carbonyl (C=O) groups excluding carboxylic acids is 1. The first-order valence-electron chi connectivity index (χ1n) is 11.7. The van der Waals surface area contributed by atoms with Crippen molar-refractivity contribution in [2.75, 3.05) is 6.61 Å². The van der Waals surface area contributed by atoms with Gasteiger partial charge >= 0.3 is 5.97 Å². The summed E-state index contributed by atoms with van der Waals surface area (Å²) in [5, 5.41) is 14.0. The zero-order chi connectivity index (χ0) is 25.5. The lowest BCUT2D eigenvalue weighted by atomic mass is 9.89. The summed E-state index contributed by atoms with van der Waals surface area (Å²) in [4.78, 5) is 13.8. The maximum absolute atomic E-state index is 13.8. The second kappa shape index (κ2) is 11.2. The highest BCUT2D eigenvalue weighted by Gasteiger charge is 2.31. The smallest absolute Gasteiger partial charge is 0.339 e. The van der Waals surface area contributed by atoms with E-state index in [1.165, 1.54) is 0 Å². The van der Waals surface area contributed by atoms with E-state index in [1.807, 2.05) is 118 Å². The van der Waals surface area contributed by atoms with Crippen LogP contribution in [-0.2, 0) is 9.53 Å². The highest BCUT2D eigenvalue weighted by atomic mass is 16.5. The SMILES string of the molecule is Cc1nn(-c2ccccc2)c(OCC#N)c1C(C(=O)OC(C)C)=C(c1ccccc1)c1ccccc1. The third-order valence-electron chi connectivity index (χ3n) is 5.46. The summed E-state index contributed by atoms with van der Waals surface area (Å²) >= 11 is 0. The van der Waals surface area contributed by atoms with E-state index in [1.54, 1.807) is 4.68 Å². The minimum atomic E-state index is -0.495. The monoisotopic (exact) mass is 477 g/mol. The molecule has 36 heavy (non-hydrogen) atoms. The summed E-state index contributed by atoms with van der Waals surface area (Å²) in [6.07, 6.45) is -0.340. The normalized spacial score (nSPS) is 10.5. The summed E-state index contributed by atoms with van der Waals surface area (Å²) in [5.41, 5.74) is 4.52. The summed E-state index contributed by atoms with van der Waals surface area (Å²) in [6, 6.07) is 30.9. The predicted molar refractivity (Wildman–Crippen MR) is 139 cm³/mol. The molecule has 3 aromatic carbocycles. The number of aryl methyl sites for hydroxylation is 1. The average molecular weight is 478 g/mol. The number of carbonyl (C=O) groups is 1. The molecule has 1 heterocycles. The molecule has 0 atom stereocenters. The van der Waals surface area contributed by atoms with Crippen molar-refractivity contribution in [3.8, 4) is 17.6 Å². The van der Waals surface area contributed by atoms with Crippen LogP contribution in [0.1, 0.15) is 36.2 Å². The predicted octanol–water partition coefficient (Wildman–Crippen LogP) is 5.99. The van der Waals surface area contributed by atoms with Crippen molar-refractivity contribution >= 4 is 17.1 Å². The third-order valence-corrected chi connectivity index (χ3v) is 5.46. The lowest BCUT2D eigenvalue weighted by Gasteiger charge is -2.18. The van der Waals surface area contributed by atoms with E-state index < -0.39 is 5.97 Å². The van der Waals surface area contributed by atoms with Crippen LogP contribution < -0.4 is 4.74 Å². The van der Waals surface area contributed by atoms with Gasteiger partial charge in [-0.25, -0.2) is 9.48 Å². The van der Waals surface area contributed by atoms with Crippen molar-refractivity contribution in [3.63, 3.8) is 0 Å². The third kappa shape index (κ3) is 5.21. The van der Waals surface area contributed by atoms with Gasteiger partial charge in [-0.05, 0) is 44.0 Å². The molecule has 0 saturated carbocycles. The molecule has 0 aliphatic heterocycles. The number of para-hydroxylation sites is 1. The molecule has 6 heteroatoms. The van der Waals surface area contributed by atoms with Crippen LogP contribution in [0.2, 0.25) is 0 Å². The van der Waals surface area contributed by atoms with Crippen LogP contribution in [0.5, 0.6) is 5.88 Å². The summed E-state index contributed by atoms with van der Waals surface area (Å²) in [5.74, 6) is -0.189. The fourth-order valence-electron chi connectivity index (χ4n) is 4.04. The molecule has 0 radical (unpaired) electrons. The summed E-state index contributed by atoms with van der Waals surface area (Å²) in [7, 11) is 0. The molecular weight excluding hydrogens is 450 g/mol. The standard InChI is InChI=1S/C30H27N3O3/c1-21(2)36-30(34)28(27(23-13-7-4-8-14-23)24-15-9-5-10-16-24)26-22(3)32-33(29(26)35-20-19-31)25-17-11-6-12-18-25/h4-18,21H,20H2,1-3H3. The van der Waals surface area contributed by atoms with Gasteiger partial charge in [0.05, 0.1) is 28.6 Å². The number of ether oxygens (including phenoxy) is 2. The maximum Gasteiger partial charge on any atom is 0.339 e. The molecule has 0 N–H and O–H groups in total. The average Bonchev–Trinajstić information content (AvgIpc) is 3.22. The highest BCUT2D eigenvalue weighted by molar-refractivity contribution is 6.27. The van der Waals surface area contributed by atoms with Crippen molar-refractivity contribution in [3.05, 3.63) is 113 Å². The maximum atomic E-state index is 13.8. The summed E-state index contributed by atoms with van der Waals surface area (Å²) < 4.78 is 13.3. The van der Waals surface area contributed by atoms with Gasteiger partial charge in [-0.2, -0.15) is 10.4 Å². The number of aromatic nitrogens is 2. The Kier molecular flexibility index (Phi) is 7.62. The van der Waals surface area contributed by atoms with Gasteiger partial charge in [0.1, 0.15) is 6.07 Å². The van der Waals surface area contributed by atoms with Gasteiger partial charge in [0.2, 0.25) is 5.88 Å². The molecule has 4 rings (SSSR count). The van der Waals surface area contributed by atoms with Crippen LogP contribution in [0.4, 0.5) is 0 Å². The van der Waals surface area contributed by atoms with Gasteiger partial charge in [-0.15, -0.1) is 0 Å². The molecule has 6 nitrogen and oxygen atoms in total. The largest absolute Gasteiger partial charge is 0.462 e. The molecule has 0 amide bonds. The van der Waals surface area contributed by atoms with E-state index in [9.17, 15) is 10.1 Å². The van der Waals surface area contributed by atoms with E-state index >= 15 is 0 Å². The van der Waals surface area contributed by atoms with E-state index in [-0.39, 0.29) is 12.7 Å². The van der Waals surface area contributed by atoms with Gasteiger partial charge in [0, 0.05) is 5.57 Å². The molecule has 4 aromatic rings.